The van der Waals surface area contributed by atoms with Crippen LogP contribution in [0.4, 0.5) is 0 Å². The number of esters is 1. The van der Waals surface area contributed by atoms with Crippen molar-refractivity contribution in [1.29, 1.82) is 0 Å². The van der Waals surface area contributed by atoms with Crippen LogP contribution in [-0.4, -0.2) is 28.6 Å². The molecule has 1 aromatic carbocycles. The number of carbonyl (C=O) groups is 2. The summed E-state index contributed by atoms with van der Waals surface area (Å²) in [6, 6.07) is 9.59. The van der Waals surface area contributed by atoms with Gasteiger partial charge in [0.1, 0.15) is 11.7 Å². The van der Waals surface area contributed by atoms with Gasteiger partial charge in [0.25, 0.3) is 0 Å². The van der Waals surface area contributed by atoms with Gasteiger partial charge in [0.2, 0.25) is 0 Å². The number of benzene rings is 1. The molecule has 1 N–H and O–H groups in total. The summed E-state index contributed by atoms with van der Waals surface area (Å²) in [5.74, 6) is -1.11. The van der Waals surface area contributed by atoms with E-state index in [1.165, 1.54) is 0 Å². The van der Waals surface area contributed by atoms with E-state index in [4.69, 9.17) is 4.74 Å². The first-order chi connectivity index (χ1) is 11.4. The molecule has 0 fully saturated rings. The molecule has 1 rings (SSSR count). The topological polar surface area (TPSA) is 63.6 Å². The van der Waals surface area contributed by atoms with Crippen LogP contribution < -0.4 is 0 Å². The van der Waals surface area contributed by atoms with Gasteiger partial charge in [-0.1, -0.05) is 51.1 Å². The van der Waals surface area contributed by atoms with Crippen LogP contribution in [0.2, 0.25) is 0 Å². The maximum absolute atomic E-state index is 12.5. The minimum Gasteiger partial charge on any atom is -0.460 e. The van der Waals surface area contributed by atoms with Crippen LogP contribution in [0.3, 0.4) is 0 Å². The van der Waals surface area contributed by atoms with Gasteiger partial charge in [-0.25, -0.2) is 0 Å². The number of ether oxygens (including phenoxy) is 1. The van der Waals surface area contributed by atoms with Crippen molar-refractivity contribution >= 4 is 11.8 Å². The summed E-state index contributed by atoms with van der Waals surface area (Å²) in [7, 11) is 0. The molecule has 4 nitrogen and oxygen atoms in total. The van der Waals surface area contributed by atoms with Crippen LogP contribution in [0.25, 0.3) is 0 Å². The third-order valence-electron chi connectivity index (χ3n) is 3.67. The molecular weight excluding hydrogens is 316 g/mol. The third kappa shape index (κ3) is 8.82. The van der Waals surface area contributed by atoms with Crippen molar-refractivity contribution in [3.05, 3.63) is 35.9 Å². The summed E-state index contributed by atoms with van der Waals surface area (Å²) in [5.41, 5.74) is 0.189. The molecule has 0 bridgehead atoms. The molecule has 0 heterocycles. The van der Waals surface area contributed by atoms with Gasteiger partial charge in [0, 0.05) is 12.3 Å². The molecule has 0 saturated carbocycles. The molecule has 0 amide bonds. The van der Waals surface area contributed by atoms with Crippen molar-refractivity contribution in [2.75, 3.05) is 0 Å². The molecule has 1 aromatic rings. The Morgan fingerprint density at radius 2 is 1.60 bits per heavy atom. The van der Waals surface area contributed by atoms with E-state index in [1.54, 1.807) is 20.8 Å². The smallest absolute Gasteiger partial charge is 0.306 e. The van der Waals surface area contributed by atoms with Crippen LogP contribution in [0.1, 0.15) is 59.9 Å². The fourth-order valence-corrected chi connectivity index (χ4v) is 2.70. The van der Waals surface area contributed by atoms with Crippen molar-refractivity contribution in [3.8, 4) is 0 Å². The third-order valence-corrected chi connectivity index (χ3v) is 3.67. The number of carbonyl (C=O) groups excluding carboxylic acids is 2. The van der Waals surface area contributed by atoms with Gasteiger partial charge in [-0.05, 0) is 38.2 Å². The second kappa shape index (κ2) is 8.61. The molecule has 25 heavy (non-hydrogen) atoms. The zero-order valence-electron chi connectivity index (χ0n) is 16.3. The summed E-state index contributed by atoms with van der Waals surface area (Å²) in [5, 5.41) is 10.6. The molecule has 0 aromatic heterocycles. The van der Waals surface area contributed by atoms with Crippen LogP contribution in [0.15, 0.2) is 30.3 Å². The zero-order valence-corrected chi connectivity index (χ0v) is 16.3. The molecule has 0 spiro atoms. The Morgan fingerprint density at radius 1 is 1.04 bits per heavy atom. The quantitative estimate of drug-likeness (QED) is 0.758. The highest BCUT2D eigenvalue weighted by atomic mass is 16.6. The molecule has 0 aliphatic heterocycles. The monoisotopic (exact) mass is 348 g/mol. The lowest BCUT2D eigenvalue weighted by Gasteiger charge is -2.26. The molecular formula is C21H32O4. The first-order valence-corrected chi connectivity index (χ1v) is 8.84. The van der Waals surface area contributed by atoms with E-state index in [2.05, 4.69) is 0 Å². The molecule has 0 aliphatic rings. The largest absolute Gasteiger partial charge is 0.460 e. The van der Waals surface area contributed by atoms with Crippen molar-refractivity contribution in [2.24, 2.45) is 11.3 Å². The average Bonchev–Trinajstić information content (AvgIpc) is 2.43. The summed E-state index contributed by atoms with van der Waals surface area (Å²) in [6.45, 7) is 11.3. The molecule has 0 aliphatic carbocycles. The van der Waals surface area contributed by atoms with E-state index in [9.17, 15) is 14.7 Å². The summed E-state index contributed by atoms with van der Waals surface area (Å²) in [6.07, 6.45) is -0.430. The van der Waals surface area contributed by atoms with Gasteiger partial charge in [0.15, 0.2) is 5.78 Å². The number of aliphatic hydroxyl groups excluding tert-OH is 1. The number of ketones is 1. The van der Waals surface area contributed by atoms with Gasteiger partial charge in [-0.2, -0.15) is 0 Å². The fourth-order valence-electron chi connectivity index (χ4n) is 2.70. The highest BCUT2D eigenvalue weighted by Gasteiger charge is 2.32. The van der Waals surface area contributed by atoms with Gasteiger partial charge in [0.05, 0.1) is 6.42 Å². The molecule has 0 radical (unpaired) electrons. The van der Waals surface area contributed by atoms with Crippen LogP contribution >= 0.6 is 0 Å². The zero-order chi connectivity index (χ0) is 19.3. The molecule has 0 saturated heterocycles. The molecule has 140 valence electrons. The van der Waals surface area contributed by atoms with E-state index < -0.39 is 23.6 Å². The Hall–Kier alpha value is -1.68. The Morgan fingerprint density at radius 3 is 2.08 bits per heavy atom. The van der Waals surface area contributed by atoms with E-state index in [1.807, 2.05) is 51.1 Å². The first-order valence-electron chi connectivity index (χ1n) is 8.84. The number of Topliss-reactive ketones (excluding diaryl/α,β-unsaturated/α-hetero) is 1. The SMILES string of the molecule is CC(C)(C)CC(=O)C(O)[C@@H](CC(=O)OC(C)(C)C)Cc1ccccc1. The highest BCUT2D eigenvalue weighted by molar-refractivity contribution is 5.84. The number of aliphatic hydroxyl groups is 1. The number of hydrogen-bond donors (Lipinski definition) is 1. The minimum absolute atomic E-state index is 0.0171. The molecule has 2 atom stereocenters. The van der Waals surface area contributed by atoms with E-state index >= 15 is 0 Å². The second-order valence-corrected chi connectivity index (χ2v) is 8.89. The van der Waals surface area contributed by atoms with E-state index in [0.717, 1.165) is 5.56 Å². The van der Waals surface area contributed by atoms with Crippen molar-refractivity contribution in [2.45, 2.75) is 72.5 Å². The van der Waals surface area contributed by atoms with E-state index in [-0.39, 0.29) is 24.0 Å². The number of hydrogen-bond acceptors (Lipinski definition) is 4. The van der Waals surface area contributed by atoms with Crippen molar-refractivity contribution < 1.29 is 19.4 Å². The minimum atomic E-state index is -1.17. The Labute approximate surface area is 151 Å². The van der Waals surface area contributed by atoms with Crippen molar-refractivity contribution in [1.82, 2.24) is 0 Å². The Bertz CT molecular complexity index is 564. The Kier molecular flexibility index (Phi) is 7.36. The first kappa shape index (κ1) is 21.4. The van der Waals surface area contributed by atoms with Crippen molar-refractivity contribution in [3.63, 3.8) is 0 Å². The van der Waals surface area contributed by atoms with Crippen LogP contribution in [-0.2, 0) is 20.7 Å². The van der Waals surface area contributed by atoms with Crippen LogP contribution in [0, 0.1) is 11.3 Å². The lowest BCUT2D eigenvalue weighted by atomic mass is 9.82. The predicted molar refractivity (Wildman–Crippen MR) is 99.2 cm³/mol. The second-order valence-electron chi connectivity index (χ2n) is 8.89. The van der Waals surface area contributed by atoms with Gasteiger partial charge in [-0.3, -0.25) is 9.59 Å². The standard InChI is InChI=1S/C21H32O4/c1-20(2,3)14-17(22)19(24)16(12-15-10-8-7-9-11-15)13-18(23)25-21(4,5)6/h7-11,16,19,24H,12-14H2,1-6H3/t16-,19?/m1/s1. The number of rotatable bonds is 7. The lowest BCUT2D eigenvalue weighted by Crippen LogP contribution is -2.36. The van der Waals surface area contributed by atoms with Gasteiger partial charge in [-0.15, -0.1) is 0 Å². The average molecular weight is 348 g/mol. The molecule has 1 unspecified atom stereocenters. The van der Waals surface area contributed by atoms with Gasteiger partial charge < -0.3 is 9.84 Å². The van der Waals surface area contributed by atoms with Gasteiger partial charge >= 0.3 is 5.97 Å². The predicted octanol–water partition coefficient (Wildman–Crippen LogP) is 3.94. The maximum atomic E-state index is 12.5. The maximum Gasteiger partial charge on any atom is 0.306 e. The Balaban J connectivity index is 2.90. The fraction of sp³-hybridized carbons (Fsp3) is 0.619. The normalized spacial score (nSPS) is 14.7. The highest BCUT2D eigenvalue weighted by Crippen LogP contribution is 2.25. The summed E-state index contributed by atoms with van der Waals surface area (Å²) < 4.78 is 5.38. The summed E-state index contributed by atoms with van der Waals surface area (Å²) in [4.78, 5) is 24.7. The van der Waals surface area contributed by atoms with E-state index in [0.29, 0.717) is 6.42 Å². The lowest BCUT2D eigenvalue weighted by molar-refractivity contribution is -0.157. The van der Waals surface area contributed by atoms with Crippen LogP contribution in [0.5, 0.6) is 0 Å². The molecule has 4 heteroatoms. The summed E-state index contributed by atoms with van der Waals surface area (Å²) >= 11 is 0.